The molecule has 64 valence electrons. The molecule has 0 atom stereocenters. The summed E-state index contributed by atoms with van der Waals surface area (Å²) in [7, 11) is -3.70. The standard InChI is InChI=1S/C6H14O3S.Hg/c1-2-3-4-5-6-10(7,8)9;/h2-6H2,1H3,(H,7,8,9);. The minimum atomic E-state index is -3.70. The van der Waals surface area contributed by atoms with Crippen molar-refractivity contribution in [2.24, 2.45) is 0 Å². The summed E-state index contributed by atoms with van der Waals surface area (Å²) in [6.45, 7) is 2.05. The van der Waals surface area contributed by atoms with Crippen LogP contribution < -0.4 is 0 Å². The van der Waals surface area contributed by atoms with Gasteiger partial charge in [0.05, 0.1) is 5.75 Å². The second-order valence-electron chi connectivity index (χ2n) is 2.35. The van der Waals surface area contributed by atoms with Gasteiger partial charge in [-0.2, -0.15) is 8.42 Å². The maximum atomic E-state index is 10.1. The largest absolute Gasteiger partial charge is 0.286 e. The molecule has 0 rings (SSSR count). The predicted molar refractivity (Wildman–Crippen MR) is 40.6 cm³/mol. The second-order valence-corrected chi connectivity index (χ2v) is 3.92. The van der Waals surface area contributed by atoms with Gasteiger partial charge >= 0.3 is 0 Å². The molecule has 0 unspecified atom stereocenters. The molecule has 11 heavy (non-hydrogen) atoms. The Labute approximate surface area is 88.8 Å². The molecule has 3 nitrogen and oxygen atoms in total. The maximum Gasteiger partial charge on any atom is 0.264 e. The molecule has 0 saturated heterocycles. The van der Waals surface area contributed by atoms with E-state index in [1.165, 1.54) is 0 Å². The van der Waals surface area contributed by atoms with Crippen LogP contribution in [0.15, 0.2) is 0 Å². The van der Waals surface area contributed by atoms with Crippen molar-refractivity contribution in [3.8, 4) is 0 Å². The number of rotatable bonds is 5. The third-order valence-corrected chi connectivity index (χ3v) is 2.06. The minimum absolute atomic E-state index is 0. The van der Waals surface area contributed by atoms with Gasteiger partial charge < -0.3 is 0 Å². The van der Waals surface area contributed by atoms with Crippen LogP contribution in [0.4, 0.5) is 0 Å². The predicted octanol–water partition coefficient (Wildman–Crippen LogP) is 1.45. The number of hydrogen-bond acceptors (Lipinski definition) is 2. The van der Waals surface area contributed by atoms with E-state index in [2.05, 4.69) is 0 Å². The fourth-order valence-corrected chi connectivity index (χ4v) is 1.28. The quantitative estimate of drug-likeness (QED) is 0.455. The minimum Gasteiger partial charge on any atom is -0.286 e. The van der Waals surface area contributed by atoms with E-state index in [9.17, 15) is 8.42 Å². The monoisotopic (exact) mass is 368 g/mol. The molecular weight excluding hydrogens is 353 g/mol. The van der Waals surface area contributed by atoms with E-state index < -0.39 is 10.1 Å². The van der Waals surface area contributed by atoms with E-state index in [1.807, 2.05) is 6.92 Å². The third-order valence-electron chi connectivity index (χ3n) is 1.26. The molecule has 0 bridgehead atoms. The first-order valence-corrected chi connectivity index (χ1v) is 5.12. The van der Waals surface area contributed by atoms with Gasteiger partial charge in [0, 0.05) is 27.7 Å². The smallest absolute Gasteiger partial charge is 0.264 e. The SMILES string of the molecule is CCCCCCS(=O)(=O)O.[Hg]. The molecule has 0 aliphatic carbocycles. The molecule has 0 aliphatic heterocycles. The van der Waals surface area contributed by atoms with E-state index in [0.717, 1.165) is 19.3 Å². The van der Waals surface area contributed by atoms with Crippen molar-refractivity contribution < 1.29 is 40.6 Å². The van der Waals surface area contributed by atoms with Crippen LogP contribution in [0.3, 0.4) is 0 Å². The Kier molecular flexibility index (Phi) is 9.79. The van der Waals surface area contributed by atoms with E-state index in [-0.39, 0.29) is 33.4 Å². The van der Waals surface area contributed by atoms with Crippen LogP contribution >= 0.6 is 0 Å². The van der Waals surface area contributed by atoms with Gasteiger partial charge in [0.1, 0.15) is 0 Å². The van der Waals surface area contributed by atoms with Gasteiger partial charge in [-0.15, -0.1) is 0 Å². The molecule has 5 heteroatoms. The van der Waals surface area contributed by atoms with Crippen LogP contribution in [0.5, 0.6) is 0 Å². The van der Waals surface area contributed by atoms with Crippen LogP contribution in [0.25, 0.3) is 0 Å². The molecule has 0 aromatic heterocycles. The van der Waals surface area contributed by atoms with E-state index in [0.29, 0.717) is 6.42 Å². The molecule has 0 heterocycles. The Morgan fingerprint density at radius 1 is 1.18 bits per heavy atom. The topological polar surface area (TPSA) is 54.4 Å². The first-order chi connectivity index (χ1) is 4.56. The van der Waals surface area contributed by atoms with Crippen molar-refractivity contribution in [1.82, 2.24) is 0 Å². The van der Waals surface area contributed by atoms with Gasteiger partial charge in [-0.1, -0.05) is 26.2 Å². The first-order valence-electron chi connectivity index (χ1n) is 3.51. The molecule has 1 N–H and O–H groups in total. The second kappa shape index (κ2) is 7.49. The van der Waals surface area contributed by atoms with E-state index in [4.69, 9.17) is 4.55 Å². The summed E-state index contributed by atoms with van der Waals surface area (Å²) in [4.78, 5) is 0. The zero-order valence-corrected chi connectivity index (χ0v) is 13.2. The third kappa shape index (κ3) is 13.8. The summed E-state index contributed by atoms with van der Waals surface area (Å²) in [5, 5.41) is 0. The summed E-state index contributed by atoms with van der Waals surface area (Å²) in [6, 6.07) is 0. The zero-order valence-electron chi connectivity index (χ0n) is 6.91. The molecule has 0 amide bonds. The Morgan fingerprint density at radius 3 is 2.09 bits per heavy atom. The molecule has 0 radical (unpaired) electrons. The van der Waals surface area contributed by atoms with Gasteiger partial charge in [0.2, 0.25) is 0 Å². The van der Waals surface area contributed by atoms with Gasteiger partial charge in [-0.05, 0) is 6.42 Å². The Balaban J connectivity index is 0. The van der Waals surface area contributed by atoms with Crippen molar-refractivity contribution in [2.45, 2.75) is 32.6 Å². The number of hydrogen-bond donors (Lipinski definition) is 1. The van der Waals surface area contributed by atoms with Crippen molar-refractivity contribution in [2.75, 3.05) is 5.75 Å². The maximum absolute atomic E-state index is 10.1. The fraction of sp³-hybridized carbons (Fsp3) is 1.00. The van der Waals surface area contributed by atoms with Crippen molar-refractivity contribution in [3.63, 3.8) is 0 Å². The van der Waals surface area contributed by atoms with Crippen molar-refractivity contribution in [3.05, 3.63) is 0 Å². The fourth-order valence-electron chi connectivity index (χ4n) is 0.711. The van der Waals surface area contributed by atoms with Crippen LogP contribution in [-0.4, -0.2) is 18.7 Å². The molecule has 0 saturated carbocycles. The van der Waals surface area contributed by atoms with Crippen LogP contribution in [0.1, 0.15) is 32.6 Å². The average Bonchev–Trinajstić information content (AvgIpc) is 1.78. The normalized spacial score (nSPS) is 10.7. The first kappa shape index (κ1) is 14.4. The summed E-state index contributed by atoms with van der Waals surface area (Å²) < 4.78 is 28.6. The van der Waals surface area contributed by atoms with Crippen LogP contribution in [-0.2, 0) is 37.8 Å². The molecule has 0 fully saturated rings. The zero-order chi connectivity index (χ0) is 8.04. The summed E-state index contributed by atoms with van der Waals surface area (Å²) >= 11 is 0. The Morgan fingerprint density at radius 2 is 1.73 bits per heavy atom. The molecule has 0 aromatic rings. The number of unbranched alkanes of at least 4 members (excludes halogenated alkanes) is 3. The molecule has 0 aliphatic rings. The van der Waals surface area contributed by atoms with Gasteiger partial charge in [-0.3, -0.25) is 4.55 Å². The van der Waals surface area contributed by atoms with E-state index >= 15 is 0 Å². The van der Waals surface area contributed by atoms with Crippen LogP contribution in [0.2, 0.25) is 0 Å². The van der Waals surface area contributed by atoms with Gasteiger partial charge in [0.15, 0.2) is 0 Å². The average molecular weight is 367 g/mol. The molecular formula is C6H14HgO3S. The summed E-state index contributed by atoms with van der Waals surface area (Å²) in [5.41, 5.74) is 0. The Hall–Kier alpha value is 0.845. The summed E-state index contributed by atoms with van der Waals surface area (Å²) in [6.07, 6.45) is 3.57. The van der Waals surface area contributed by atoms with Crippen LogP contribution in [0, 0.1) is 0 Å². The van der Waals surface area contributed by atoms with E-state index in [1.54, 1.807) is 0 Å². The van der Waals surface area contributed by atoms with Gasteiger partial charge in [0.25, 0.3) is 10.1 Å². The van der Waals surface area contributed by atoms with Crippen molar-refractivity contribution >= 4 is 10.1 Å². The molecule has 0 spiro atoms. The van der Waals surface area contributed by atoms with Crippen molar-refractivity contribution in [1.29, 1.82) is 0 Å². The van der Waals surface area contributed by atoms with Gasteiger partial charge in [-0.25, -0.2) is 0 Å². The molecule has 0 aromatic carbocycles. The Bertz CT molecular complexity index is 165. The summed E-state index contributed by atoms with van der Waals surface area (Å²) in [5.74, 6) is -0.0903.